The standard InChI is InChI=1S/C20H23N3O6S2/c24-19-9-8-17(31(28,29)22-10-1-2-11-22)14-18(19)21-20(25)15-4-6-16(7-5-15)23-12-3-13-30(23,26)27/h4-9,14,24H,1-3,10-13H2,(H,21,25). The highest BCUT2D eigenvalue weighted by Gasteiger charge is 2.29. The van der Waals surface area contributed by atoms with Crippen LogP contribution in [-0.4, -0.2) is 57.5 Å². The summed E-state index contributed by atoms with van der Waals surface area (Å²) in [7, 11) is -7.01. The molecule has 166 valence electrons. The van der Waals surface area contributed by atoms with Gasteiger partial charge in [0, 0.05) is 25.2 Å². The average Bonchev–Trinajstić information content (AvgIpc) is 3.39. The number of carbonyl (C=O) groups is 1. The van der Waals surface area contributed by atoms with E-state index in [1.807, 2.05) is 0 Å². The van der Waals surface area contributed by atoms with Gasteiger partial charge in [-0.1, -0.05) is 0 Å². The first-order chi connectivity index (χ1) is 14.7. The Morgan fingerprint density at radius 1 is 0.968 bits per heavy atom. The lowest BCUT2D eigenvalue weighted by molar-refractivity contribution is 0.102. The third-order valence-corrected chi connectivity index (χ3v) is 9.20. The van der Waals surface area contributed by atoms with E-state index in [0.29, 0.717) is 31.7 Å². The number of hydrogen-bond donors (Lipinski definition) is 2. The molecular formula is C20H23N3O6S2. The molecule has 0 aromatic heterocycles. The Hall–Kier alpha value is -2.63. The molecule has 2 saturated heterocycles. The molecule has 9 nitrogen and oxygen atoms in total. The number of hydrogen-bond acceptors (Lipinski definition) is 6. The Labute approximate surface area is 181 Å². The summed E-state index contributed by atoms with van der Waals surface area (Å²) in [5, 5.41) is 12.6. The lowest BCUT2D eigenvalue weighted by Gasteiger charge is -2.17. The molecule has 4 rings (SSSR count). The third-order valence-electron chi connectivity index (χ3n) is 5.44. The smallest absolute Gasteiger partial charge is 0.255 e. The molecule has 2 aromatic carbocycles. The molecule has 2 N–H and O–H groups in total. The van der Waals surface area contributed by atoms with Gasteiger partial charge in [0.1, 0.15) is 5.75 Å². The van der Waals surface area contributed by atoms with Gasteiger partial charge in [-0.05, 0) is 61.7 Å². The highest BCUT2D eigenvalue weighted by molar-refractivity contribution is 7.93. The van der Waals surface area contributed by atoms with E-state index in [9.17, 15) is 26.7 Å². The zero-order valence-corrected chi connectivity index (χ0v) is 18.3. The number of phenolic OH excluding ortho intramolecular Hbond substituents is 1. The highest BCUT2D eigenvalue weighted by Crippen LogP contribution is 2.30. The second-order valence-electron chi connectivity index (χ2n) is 7.53. The van der Waals surface area contributed by atoms with Crippen LogP contribution in [0.15, 0.2) is 47.4 Å². The normalized spacial score (nSPS) is 18.9. The number of nitrogens with zero attached hydrogens (tertiary/aromatic N) is 2. The summed E-state index contributed by atoms with van der Waals surface area (Å²) >= 11 is 0. The van der Waals surface area contributed by atoms with Crippen LogP contribution in [0.25, 0.3) is 0 Å². The fraction of sp³-hybridized carbons (Fsp3) is 0.350. The fourth-order valence-corrected chi connectivity index (χ4v) is 6.86. The Morgan fingerprint density at radius 3 is 2.26 bits per heavy atom. The molecule has 0 bridgehead atoms. The maximum absolute atomic E-state index is 12.7. The molecule has 0 atom stereocenters. The zero-order valence-electron chi connectivity index (χ0n) is 16.7. The quantitative estimate of drug-likeness (QED) is 0.651. The summed E-state index contributed by atoms with van der Waals surface area (Å²) in [5.74, 6) is -0.707. The van der Waals surface area contributed by atoms with Crippen molar-refractivity contribution in [2.24, 2.45) is 0 Å². The summed E-state index contributed by atoms with van der Waals surface area (Å²) in [6.07, 6.45) is 2.16. The van der Waals surface area contributed by atoms with E-state index in [0.717, 1.165) is 12.8 Å². The molecule has 11 heteroatoms. The van der Waals surface area contributed by atoms with Crippen LogP contribution in [0.2, 0.25) is 0 Å². The predicted molar refractivity (Wildman–Crippen MR) is 116 cm³/mol. The van der Waals surface area contributed by atoms with E-state index in [4.69, 9.17) is 0 Å². The largest absolute Gasteiger partial charge is 0.506 e. The lowest BCUT2D eigenvalue weighted by atomic mass is 10.2. The first-order valence-corrected chi connectivity index (χ1v) is 13.0. The fourth-order valence-electron chi connectivity index (χ4n) is 3.76. The molecular weight excluding hydrogens is 442 g/mol. The van der Waals surface area contributed by atoms with Gasteiger partial charge in [0.15, 0.2) is 0 Å². The molecule has 0 spiro atoms. The van der Waals surface area contributed by atoms with Crippen molar-refractivity contribution >= 4 is 37.3 Å². The maximum Gasteiger partial charge on any atom is 0.255 e. The zero-order chi connectivity index (χ0) is 22.2. The first kappa shape index (κ1) is 21.6. The van der Waals surface area contributed by atoms with Gasteiger partial charge < -0.3 is 10.4 Å². The van der Waals surface area contributed by atoms with Gasteiger partial charge in [0.05, 0.1) is 22.0 Å². The SMILES string of the molecule is O=C(Nc1cc(S(=O)(=O)N2CCCC2)ccc1O)c1ccc(N2CCCS2(=O)=O)cc1. The molecule has 0 unspecified atom stereocenters. The van der Waals surface area contributed by atoms with Crippen LogP contribution in [-0.2, 0) is 20.0 Å². The number of carbonyl (C=O) groups excluding carboxylic acids is 1. The predicted octanol–water partition coefficient (Wildman–Crippen LogP) is 1.97. The number of phenols is 1. The summed E-state index contributed by atoms with van der Waals surface area (Å²) in [4.78, 5) is 12.6. The van der Waals surface area contributed by atoms with Crippen LogP contribution in [0, 0.1) is 0 Å². The molecule has 2 aromatic rings. The molecule has 2 fully saturated rings. The van der Waals surface area contributed by atoms with Crippen molar-refractivity contribution in [3.8, 4) is 5.75 Å². The Morgan fingerprint density at radius 2 is 1.65 bits per heavy atom. The van der Waals surface area contributed by atoms with Crippen molar-refractivity contribution in [1.29, 1.82) is 0 Å². The topological polar surface area (TPSA) is 124 Å². The van der Waals surface area contributed by atoms with Gasteiger partial charge >= 0.3 is 0 Å². The highest BCUT2D eigenvalue weighted by atomic mass is 32.2. The van der Waals surface area contributed by atoms with Crippen molar-refractivity contribution in [3.63, 3.8) is 0 Å². The molecule has 2 aliphatic heterocycles. The number of anilines is 2. The van der Waals surface area contributed by atoms with Crippen LogP contribution in [0.5, 0.6) is 5.75 Å². The van der Waals surface area contributed by atoms with Crippen LogP contribution in [0.3, 0.4) is 0 Å². The maximum atomic E-state index is 12.7. The van der Waals surface area contributed by atoms with Gasteiger partial charge in [-0.3, -0.25) is 9.10 Å². The van der Waals surface area contributed by atoms with Crippen molar-refractivity contribution < 1.29 is 26.7 Å². The third kappa shape index (κ3) is 4.25. The van der Waals surface area contributed by atoms with Gasteiger partial charge in [-0.15, -0.1) is 0 Å². The van der Waals surface area contributed by atoms with E-state index < -0.39 is 26.0 Å². The molecule has 1 amide bonds. The molecule has 0 radical (unpaired) electrons. The van der Waals surface area contributed by atoms with Crippen LogP contribution in [0.4, 0.5) is 11.4 Å². The Bertz CT molecular complexity index is 1200. The Kier molecular flexibility index (Phi) is 5.67. The molecule has 31 heavy (non-hydrogen) atoms. The number of sulfonamides is 2. The van der Waals surface area contributed by atoms with Crippen molar-refractivity contribution in [1.82, 2.24) is 4.31 Å². The van der Waals surface area contributed by atoms with Gasteiger partial charge in [0.25, 0.3) is 5.91 Å². The minimum Gasteiger partial charge on any atom is -0.506 e. The summed E-state index contributed by atoms with van der Waals surface area (Å²) in [6.45, 7) is 1.30. The minimum atomic E-state index is -3.70. The number of nitrogens with one attached hydrogen (secondary N) is 1. The summed E-state index contributed by atoms with van der Waals surface area (Å²) < 4.78 is 52.3. The summed E-state index contributed by atoms with van der Waals surface area (Å²) in [5.41, 5.74) is 0.708. The van der Waals surface area contributed by atoms with E-state index in [1.165, 1.54) is 38.9 Å². The second kappa shape index (κ2) is 8.13. The Balaban J connectivity index is 1.53. The van der Waals surface area contributed by atoms with E-state index in [-0.39, 0.29) is 27.6 Å². The number of benzene rings is 2. The lowest BCUT2D eigenvalue weighted by Crippen LogP contribution is -2.28. The van der Waals surface area contributed by atoms with E-state index >= 15 is 0 Å². The molecule has 2 heterocycles. The monoisotopic (exact) mass is 465 g/mol. The molecule has 0 saturated carbocycles. The van der Waals surface area contributed by atoms with Gasteiger partial charge in [-0.25, -0.2) is 16.8 Å². The minimum absolute atomic E-state index is 0.00270. The first-order valence-electron chi connectivity index (χ1n) is 9.93. The number of aromatic hydroxyl groups is 1. The van der Waals surface area contributed by atoms with Crippen molar-refractivity contribution in [2.75, 3.05) is 35.0 Å². The van der Waals surface area contributed by atoms with Crippen LogP contribution < -0.4 is 9.62 Å². The second-order valence-corrected chi connectivity index (χ2v) is 11.5. The van der Waals surface area contributed by atoms with Crippen LogP contribution in [0.1, 0.15) is 29.6 Å². The van der Waals surface area contributed by atoms with E-state index in [1.54, 1.807) is 12.1 Å². The van der Waals surface area contributed by atoms with Crippen molar-refractivity contribution in [3.05, 3.63) is 48.0 Å². The average molecular weight is 466 g/mol. The van der Waals surface area contributed by atoms with Crippen molar-refractivity contribution in [2.45, 2.75) is 24.2 Å². The molecule has 2 aliphatic rings. The van der Waals surface area contributed by atoms with Gasteiger partial charge in [-0.2, -0.15) is 4.31 Å². The molecule has 0 aliphatic carbocycles. The number of amides is 1. The number of rotatable bonds is 5. The van der Waals surface area contributed by atoms with Gasteiger partial charge in [0.2, 0.25) is 20.0 Å². The van der Waals surface area contributed by atoms with Crippen LogP contribution >= 0.6 is 0 Å². The van der Waals surface area contributed by atoms with E-state index in [2.05, 4.69) is 5.32 Å². The summed E-state index contributed by atoms with van der Waals surface area (Å²) in [6, 6.07) is 9.86.